The summed E-state index contributed by atoms with van der Waals surface area (Å²) in [5.74, 6) is 0. The second-order valence-electron chi connectivity index (χ2n) is 3.54. The normalized spacial score (nSPS) is 10.6. The molecule has 1 heterocycles. The Balaban J connectivity index is 2.29. The summed E-state index contributed by atoms with van der Waals surface area (Å²) >= 11 is 0. The molecule has 0 radical (unpaired) electrons. The zero-order valence-electron chi connectivity index (χ0n) is 9.23. The third kappa shape index (κ3) is 2.06. The van der Waals surface area contributed by atoms with E-state index < -0.39 is 0 Å². The largest absolute Gasteiger partial charge is 0.397 e. The van der Waals surface area contributed by atoms with Crippen molar-refractivity contribution in [3.8, 4) is 0 Å². The first-order valence-corrected chi connectivity index (χ1v) is 5.18. The molecule has 1 aromatic carbocycles. The molecule has 0 atom stereocenters. The van der Waals surface area contributed by atoms with E-state index in [0.29, 0.717) is 6.61 Å². The molecule has 16 heavy (non-hydrogen) atoms. The Kier molecular flexibility index (Phi) is 3.22. The van der Waals surface area contributed by atoms with Gasteiger partial charge in [0.05, 0.1) is 18.0 Å². The quantitative estimate of drug-likeness (QED) is 0.606. The number of ether oxygens (including phenoxy) is 1. The van der Waals surface area contributed by atoms with Crippen molar-refractivity contribution in [1.29, 1.82) is 0 Å². The molecule has 0 bridgehead atoms. The van der Waals surface area contributed by atoms with Gasteiger partial charge in [-0.25, -0.2) is 0 Å². The molecule has 0 spiro atoms. The van der Waals surface area contributed by atoms with Gasteiger partial charge in [-0.3, -0.25) is 4.98 Å². The van der Waals surface area contributed by atoms with Crippen LogP contribution in [-0.4, -0.2) is 25.2 Å². The van der Waals surface area contributed by atoms with Crippen LogP contribution in [0.1, 0.15) is 0 Å². The van der Waals surface area contributed by atoms with E-state index in [1.807, 2.05) is 24.4 Å². The number of nitrogens with one attached hydrogen (secondary N) is 1. The van der Waals surface area contributed by atoms with Gasteiger partial charge >= 0.3 is 0 Å². The van der Waals surface area contributed by atoms with Gasteiger partial charge in [0.2, 0.25) is 0 Å². The number of hydrogen-bond donors (Lipinski definition) is 2. The summed E-state index contributed by atoms with van der Waals surface area (Å²) in [4.78, 5) is 4.06. The first-order valence-electron chi connectivity index (χ1n) is 5.18. The van der Waals surface area contributed by atoms with Crippen molar-refractivity contribution in [2.45, 2.75) is 0 Å². The fourth-order valence-corrected chi connectivity index (χ4v) is 1.63. The molecule has 1 aromatic heterocycles. The van der Waals surface area contributed by atoms with Crippen LogP contribution in [-0.2, 0) is 4.74 Å². The van der Waals surface area contributed by atoms with Crippen molar-refractivity contribution in [3.63, 3.8) is 0 Å². The summed E-state index contributed by atoms with van der Waals surface area (Å²) < 4.78 is 4.98. The summed E-state index contributed by atoms with van der Waals surface area (Å²) in [6.07, 6.45) is 3.56. The van der Waals surface area contributed by atoms with E-state index in [0.717, 1.165) is 28.7 Å². The van der Waals surface area contributed by atoms with Crippen LogP contribution in [0, 0.1) is 0 Å². The van der Waals surface area contributed by atoms with Crippen LogP contribution >= 0.6 is 0 Å². The molecule has 4 nitrogen and oxygen atoms in total. The van der Waals surface area contributed by atoms with Crippen LogP contribution in [0.3, 0.4) is 0 Å². The number of aromatic nitrogens is 1. The van der Waals surface area contributed by atoms with E-state index >= 15 is 0 Å². The summed E-state index contributed by atoms with van der Waals surface area (Å²) in [6.45, 7) is 1.41. The molecular weight excluding hydrogens is 202 g/mol. The number of nitrogens with two attached hydrogens (primary N) is 1. The van der Waals surface area contributed by atoms with Crippen molar-refractivity contribution in [2.75, 3.05) is 31.3 Å². The van der Waals surface area contributed by atoms with Crippen molar-refractivity contribution in [2.24, 2.45) is 0 Å². The summed E-state index contributed by atoms with van der Waals surface area (Å²) in [5, 5.41) is 5.31. The molecule has 0 aliphatic heterocycles. The third-order valence-corrected chi connectivity index (χ3v) is 2.48. The molecule has 0 saturated carbocycles. The molecule has 0 saturated heterocycles. The highest BCUT2D eigenvalue weighted by atomic mass is 16.5. The van der Waals surface area contributed by atoms with E-state index in [1.165, 1.54) is 0 Å². The SMILES string of the molecule is COCCNc1ccc2cnccc2c1N. The van der Waals surface area contributed by atoms with Crippen molar-refractivity contribution >= 4 is 22.1 Å². The molecule has 0 aliphatic rings. The lowest BCUT2D eigenvalue weighted by molar-refractivity contribution is 0.211. The Labute approximate surface area is 94.4 Å². The zero-order chi connectivity index (χ0) is 11.4. The van der Waals surface area contributed by atoms with Crippen LogP contribution in [0.5, 0.6) is 0 Å². The lowest BCUT2D eigenvalue weighted by atomic mass is 10.1. The van der Waals surface area contributed by atoms with Gasteiger partial charge in [-0.05, 0) is 12.1 Å². The van der Waals surface area contributed by atoms with Gasteiger partial charge < -0.3 is 15.8 Å². The highest BCUT2D eigenvalue weighted by molar-refractivity contribution is 5.98. The fraction of sp³-hybridized carbons (Fsp3) is 0.250. The number of fused-ring (bicyclic) bond motifs is 1. The first kappa shape index (κ1) is 10.7. The maximum atomic E-state index is 6.07. The smallest absolute Gasteiger partial charge is 0.0635 e. The Hall–Kier alpha value is -1.81. The lowest BCUT2D eigenvalue weighted by Gasteiger charge is -2.10. The van der Waals surface area contributed by atoms with Gasteiger partial charge in [0.25, 0.3) is 0 Å². The summed E-state index contributed by atoms with van der Waals surface area (Å²) in [5.41, 5.74) is 7.77. The van der Waals surface area contributed by atoms with Crippen LogP contribution in [0.25, 0.3) is 10.8 Å². The maximum Gasteiger partial charge on any atom is 0.0635 e. The molecule has 4 heteroatoms. The molecular formula is C12H15N3O. The number of hydrogen-bond acceptors (Lipinski definition) is 4. The van der Waals surface area contributed by atoms with Gasteiger partial charge in [0, 0.05) is 36.8 Å². The number of pyridine rings is 1. The van der Waals surface area contributed by atoms with E-state index in [4.69, 9.17) is 10.5 Å². The zero-order valence-corrected chi connectivity index (χ0v) is 9.23. The number of anilines is 2. The average Bonchev–Trinajstić information content (AvgIpc) is 2.33. The number of nitrogens with zero attached hydrogens (tertiary/aromatic N) is 1. The van der Waals surface area contributed by atoms with Crippen molar-refractivity contribution in [3.05, 3.63) is 30.6 Å². The van der Waals surface area contributed by atoms with Gasteiger partial charge in [-0.1, -0.05) is 6.07 Å². The number of rotatable bonds is 4. The van der Waals surface area contributed by atoms with E-state index in [2.05, 4.69) is 10.3 Å². The Morgan fingerprint density at radius 3 is 3.06 bits per heavy atom. The van der Waals surface area contributed by atoms with Crippen molar-refractivity contribution in [1.82, 2.24) is 4.98 Å². The fourth-order valence-electron chi connectivity index (χ4n) is 1.63. The average molecular weight is 217 g/mol. The minimum Gasteiger partial charge on any atom is -0.397 e. The topological polar surface area (TPSA) is 60.2 Å². The van der Waals surface area contributed by atoms with E-state index in [9.17, 15) is 0 Å². The molecule has 0 unspecified atom stereocenters. The van der Waals surface area contributed by atoms with Gasteiger partial charge in [0.15, 0.2) is 0 Å². The highest BCUT2D eigenvalue weighted by Crippen LogP contribution is 2.27. The first-order chi connectivity index (χ1) is 7.83. The van der Waals surface area contributed by atoms with Crippen LogP contribution in [0.4, 0.5) is 11.4 Å². The number of nitrogen functional groups attached to an aromatic ring is 1. The maximum absolute atomic E-state index is 6.07. The molecule has 84 valence electrons. The van der Waals surface area contributed by atoms with Crippen LogP contribution in [0.15, 0.2) is 30.6 Å². The van der Waals surface area contributed by atoms with Crippen LogP contribution < -0.4 is 11.1 Å². The van der Waals surface area contributed by atoms with Crippen molar-refractivity contribution < 1.29 is 4.74 Å². The minimum atomic E-state index is 0.661. The predicted molar refractivity (Wildman–Crippen MR) is 66.5 cm³/mol. The van der Waals surface area contributed by atoms with Gasteiger partial charge in [-0.2, -0.15) is 0 Å². The molecule has 0 amide bonds. The summed E-state index contributed by atoms with van der Waals surface area (Å²) in [7, 11) is 1.68. The third-order valence-electron chi connectivity index (χ3n) is 2.48. The Morgan fingerprint density at radius 1 is 1.38 bits per heavy atom. The standard InChI is InChI=1S/C12H15N3O/c1-16-7-6-15-11-3-2-9-8-14-5-4-10(9)12(11)13/h2-5,8,15H,6-7,13H2,1H3. The number of benzene rings is 1. The predicted octanol–water partition coefficient (Wildman–Crippen LogP) is 1.88. The van der Waals surface area contributed by atoms with Crippen LogP contribution in [0.2, 0.25) is 0 Å². The molecule has 0 aliphatic carbocycles. The number of methoxy groups -OCH3 is 1. The highest BCUT2D eigenvalue weighted by Gasteiger charge is 2.03. The summed E-state index contributed by atoms with van der Waals surface area (Å²) in [6, 6.07) is 5.90. The monoisotopic (exact) mass is 217 g/mol. The van der Waals surface area contributed by atoms with E-state index in [1.54, 1.807) is 13.3 Å². The van der Waals surface area contributed by atoms with Gasteiger partial charge in [-0.15, -0.1) is 0 Å². The Morgan fingerprint density at radius 2 is 2.25 bits per heavy atom. The molecule has 2 aromatic rings. The second kappa shape index (κ2) is 4.81. The lowest BCUT2D eigenvalue weighted by Crippen LogP contribution is -2.09. The molecule has 2 rings (SSSR count). The Bertz CT molecular complexity index is 485. The molecule has 3 N–H and O–H groups in total. The second-order valence-corrected chi connectivity index (χ2v) is 3.54. The van der Waals surface area contributed by atoms with Gasteiger partial charge in [0.1, 0.15) is 0 Å². The molecule has 0 fully saturated rings. The van der Waals surface area contributed by atoms with E-state index in [-0.39, 0.29) is 0 Å². The minimum absolute atomic E-state index is 0.661.